The molecule has 4 nitrogen and oxygen atoms in total. The molecule has 3 N–H and O–H groups in total. The van der Waals surface area contributed by atoms with E-state index in [-0.39, 0.29) is 0 Å². The number of methoxy groups -OCH3 is 2. The Bertz CT molecular complexity index is 824. The van der Waals surface area contributed by atoms with E-state index in [1.54, 1.807) is 14.2 Å². The van der Waals surface area contributed by atoms with Crippen molar-refractivity contribution >= 4 is 10.9 Å². The summed E-state index contributed by atoms with van der Waals surface area (Å²) in [4.78, 5) is 3.57. The second-order valence-corrected chi connectivity index (χ2v) is 5.84. The monoisotopic (exact) mass is 324 g/mol. The SMILES string of the molecule is COc1ccc2[nH]c(-c3ccccc3OC)c(CCCCN)c2c1. The first-order chi connectivity index (χ1) is 11.8. The third-order valence-corrected chi connectivity index (χ3v) is 4.37. The van der Waals surface area contributed by atoms with Crippen molar-refractivity contribution in [1.82, 2.24) is 4.98 Å². The van der Waals surface area contributed by atoms with E-state index in [9.17, 15) is 0 Å². The van der Waals surface area contributed by atoms with Crippen molar-refractivity contribution in [3.8, 4) is 22.8 Å². The molecule has 0 radical (unpaired) electrons. The first-order valence-electron chi connectivity index (χ1n) is 8.30. The summed E-state index contributed by atoms with van der Waals surface area (Å²) in [7, 11) is 3.40. The first-order valence-corrected chi connectivity index (χ1v) is 8.30. The van der Waals surface area contributed by atoms with Gasteiger partial charge >= 0.3 is 0 Å². The molecular weight excluding hydrogens is 300 g/mol. The zero-order chi connectivity index (χ0) is 16.9. The third kappa shape index (κ3) is 3.10. The first kappa shape index (κ1) is 16.4. The van der Waals surface area contributed by atoms with Crippen LogP contribution in [0, 0.1) is 0 Å². The number of hydrogen-bond donors (Lipinski definition) is 2. The largest absolute Gasteiger partial charge is 0.497 e. The number of ether oxygens (including phenoxy) is 2. The predicted octanol–water partition coefficient (Wildman–Crippen LogP) is 4.13. The zero-order valence-electron chi connectivity index (χ0n) is 14.3. The van der Waals surface area contributed by atoms with E-state index in [4.69, 9.17) is 15.2 Å². The quantitative estimate of drug-likeness (QED) is 0.642. The predicted molar refractivity (Wildman–Crippen MR) is 98.8 cm³/mol. The van der Waals surface area contributed by atoms with E-state index in [0.29, 0.717) is 0 Å². The summed E-state index contributed by atoms with van der Waals surface area (Å²) in [6.45, 7) is 0.718. The highest BCUT2D eigenvalue weighted by Gasteiger charge is 2.16. The van der Waals surface area contributed by atoms with Gasteiger partial charge in [0.1, 0.15) is 11.5 Å². The maximum absolute atomic E-state index is 5.67. The van der Waals surface area contributed by atoms with Gasteiger partial charge in [0.2, 0.25) is 0 Å². The normalized spacial score (nSPS) is 11.0. The summed E-state index contributed by atoms with van der Waals surface area (Å²) in [5.41, 5.74) is 10.3. The minimum atomic E-state index is 0.718. The third-order valence-electron chi connectivity index (χ3n) is 4.37. The van der Waals surface area contributed by atoms with Crippen LogP contribution in [0.25, 0.3) is 22.2 Å². The van der Waals surface area contributed by atoms with Gasteiger partial charge in [0, 0.05) is 16.5 Å². The molecule has 126 valence electrons. The summed E-state index contributed by atoms with van der Waals surface area (Å²) in [5.74, 6) is 1.74. The van der Waals surface area contributed by atoms with Crippen LogP contribution in [0.3, 0.4) is 0 Å². The van der Waals surface area contributed by atoms with Crippen molar-refractivity contribution in [3.63, 3.8) is 0 Å². The van der Waals surface area contributed by atoms with Gasteiger partial charge in [-0.05, 0) is 61.7 Å². The van der Waals surface area contributed by atoms with E-state index >= 15 is 0 Å². The molecule has 4 heteroatoms. The van der Waals surface area contributed by atoms with E-state index in [0.717, 1.165) is 54.1 Å². The molecule has 1 aromatic heterocycles. The number of rotatable bonds is 7. The number of nitrogens with two attached hydrogens (primary N) is 1. The maximum atomic E-state index is 5.67. The number of benzene rings is 2. The second-order valence-electron chi connectivity index (χ2n) is 5.84. The highest BCUT2D eigenvalue weighted by Crippen LogP contribution is 2.37. The van der Waals surface area contributed by atoms with E-state index in [2.05, 4.69) is 23.2 Å². The molecule has 2 aromatic carbocycles. The van der Waals surface area contributed by atoms with Gasteiger partial charge < -0.3 is 20.2 Å². The molecule has 0 aliphatic carbocycles. The van der Waals surface area contributed by atoms with Crippen molar-refractivity contribution < 1.29 is 9.47 Å². The number of aryl methyl sites for hydroxylation is 1. The molecule has 0 spiro atoms. The highest BCUT2D eigenvalue weighted by molar-refractivity contribution is 5.92. The van der Waals surface area contributed by atoms with Crippen LogP contribution >= 0.6 is 0 Å². The fraction of sp³-hybridized carbons (Fsp3) is 0.300. The number of H-pyrrole nitrogens is 1. The molecule has 1 heterocycles. The van der Waals surface area contributed by atoms with Crippen LogP contribution in [-0.2, 0) is 6.42 Å². The number of hydrogen-bond acceptors (Lipinski definition) is 3. The molecule has 0 aliphatic rings. The van der Waals surface area contributed by atoms with Crippen molar-refractivity contribution in [3.05, 3.63) is 48.0 Å². The van der Waals surface area contributed by atoms with Gasteiger partial charge in [-0.3, -0.25) is 0 Å². The lowest BCUT2D eigenvalue weighted by atomic mass is 9.99. The van der Waals surface area contributed by atoms with Crippen LogP contribution in [0.5, 0.6) is 11.5 Å². The minimum absolute atomic E-state index is 0.718. The lowest BCUT2D eigenvalue weighted by Gasteiger charge is -2.10. The smallest absolute Gasteiger partial charge is 0.128 e. The minimum Gasteiger partial charge on any atom is -0.497 e. The Morgan fingerprint density at radius 2 is 1.83 bits per heavy atom. The number of aromatic nitrogens is 1. The van der Waals surface area contributed by atoms with Gasteiger partial charge in [-0.2, -0.15) is 0 Å². The Morgan fingerprint density at radius 1 is 1.00 bits per heavy atom. The number of para-hydroxylation sites is 1. The molecule has 24 heavy (non-hydrogen) atoms. The molecule has 0 unspecified atom stereocenters. The average molecular weight is 324 g/mol. The highest BCUT2D eigenvalue weighted by atomic mass is 16.5. The molecule has 0 atom stereocenters. The summed E-state index contributed by atoms with van der Waals surface area (Å²) in [6, 6.07) is 14.3. The molecular formula is C20H24N2O2. The number of nitrogens with one attached hydrogen (secondary N) is 1. The average Bonchev–Trinajstić information content (AvgIpc) is 2.99. The van der Waals surface area contributed by atoms with Gasteiger partial charge in [-0.15, -0.1) is 0 Å². The summed E-state index contributed by atoms with van der Waals surface area (Å²) in [5, 5.41) is 1.20. The van der Waals surface area contributed by atoms with Crippen LogP contribution in [0.2, 0.25) is 0 Å². The number of aromatic amines is 1. The van der Waals surface area contributed by atoms with Gasteiger partial charge in [-0.1, -0.05) is 12.1 Å². The van der Waals surface area contributed by atoms with Crippen molar-refractivity contribution in [1.29, 1.82) is 0 Å². The second kappa shape index (κ2) is 7.41. The van der Waals surface area contributed by atoms with Crippen molar-refractivity contribution in [2.24, 2.45) is 5.73 Å². The molecule has 0 saturated carbocycles. The molecule has 3 rings (SSSR count). The van der Waals surface area contributed by atoms with Gasteiger partial charge in [-0.25, -0.2) is 0 Å². The number of fused-ring (bicyclic) bond motifs is 1. The van der Waals surface area contributed by atoms with Crippen LogP contribution in [0.15, 0.2) is 42.5 Å². The maximum Gasteiger partial charge on any atom is 0.128 e. The van der Waals surface area contributed by atoms with Crippen LogP contribution in [0.1, 0.15) is 18.4 Å². The van der Waals surface area contributed by atoms with Crippen molar-refractivity contribution in [2.45, 2.75) is 19.3 Å². The van der Waals surface area contributed by atoms with E-state index < -0.39 is 0 Å². The van der Waals surface area contributed by atoms with E-state index in [1.807, 2.05) is 24.3 Å². The fourth-order valence-electron chi connectivity index (χ4n) is 3.14. The Morgan fingerprint density at radius 3 is 2.58 bits per heavy atom. The Balaban J connectivity index is 2.16. The van der Waals surface area contributed by atoms with Gasteiger partial charge in [0.15, 0.2) is 0 Å². The van der Waals surface area contributed by atoms with Crippen LogP contribution in [0.4, 0.5) is 0 Å². The Hall–Kier alpha value is -2.46. The molecule has 0 fully saturated rings. The molecule has 0 saturated heterocycles. The summed E-state index contributed by atoms with van der Waals surface area (Å²) < 4.78 is 11.0. The number of unbranched alkanes of at least 4 members (excludes halogenated alkanes) is 1. The van der Waals surface area contributed by atoms with Crippen LogP contribution < -0.4 is 15.2 Å². The fourth-order valence-corrected chi connectivity index (χ4v) is 3.14. The van der Waals surface area contributed by atoms with E-state index in [1.165, 1.54) is 10.9 Å². The Labute approximate surface area is 142 Å². The van der Waals surface area contributed by atoms with Crippen LogP contribution in [-0.4, -0.2) is 25.7 Å². The summed E-state index contributed by atoms with van der Waals surface area (Å²) >= 11 is 0. The Kier molecular flexibility index (Phi) is 5.06. The molecule has 3 aromatic rings. The lowest BCUT2D eigenvalue weighted by Crippen LogP contribution is -1.99. The van der Waals surface area contributed by atoms with Crippen molar-refractivity contribution in [2.75, 3.05) is 20.8 Å². The zero-order valence-corrected chi connectivity index (χ0v) is 14.3. The molecule has 0 bridgehead atoms. The standard InChI is InChI=1S/C20H24N2O2/c1-23-14-10-11-18-17(13-14)15(7-5-6-12-21)20(22-18)16-8-3-4-9-19(16)24-2/h3-4,8-11,13,22H,5-7,12,21H2,1-2H3. The molecule has 0 amide bonds. The van der Waals surface area contributed by atoms with Gasteiger partial charge in [0.05, 0.1) is 19.9 Å². The van der Waals surface area contributed by atoms with Gasteiger partial charge in [0.25, 0.3) is 0 Å². The molecule has 0 aliphatic heterocycles. The lowest BCUT2D eigenvalue weighted by molar-refractivity contribution is 0.415. The summed E-state index contributed by atoms with van der Waals surface area (Å²) in [6.07, 6.45) is 3.04. The topological polar surface area (TPSA) is 60.3 Å².